The normalized spacial score (nSPS) is 16.2. The van der Waals surface area contributed by atoms with Gasteiger partial charge in [0.15, 0.2) is 0 Å². The first kappa shape index (κ1) is 17.1. The van der Waals surface area contributed by atoms with Gasteiger partial charge in [-0.05, 0) is 37.6 Å². The van der Waals surface area contributed by atoms with E-state index < -0.39 is 0 Å². The summed E-state index contributed by atoms with van der Waals surface area (Å²) in [4.78, 5) is 4.71. The van der Waals surface area contributed by atoms with Gasteiger partial charge in [0, 0.05) is 37.6 Å². The molecule has 1 aromatic carbocycles. The molecule has 1 aliphatic heterocycles. The fourth-order valence-corrected chi connectivity index (χ4v) is 2.97. The first-order valence-electron chi connectivity index (χ1n) is 7.61. The fraction of sp³-hybridized carbons (Fsp3) is 0.412. The summed E-state index contributed by atoms with van der Waals surface area (Å²) in [5.74, 6) is 0.860. The first-order valence-corrected chi connectivity index (χ1v) is 8.02. The molecular formula is C17H22N4OS. The molecule has 0 bridgehead atoms. The van der Waals surface area contributed by atoms with E-state index in [-0.39, 0.29) is 4.99 Å². The molecule has 5 nitrogen and oxygen atoms in total. The van der Waals surface area contributed by atoms with E-state index in [2.05, 4.69) is 28.0 Å². The van der Waals surface area contributed by atoms with Crippen LogP contribution in [0.4, 0.5) is 5.69 Å². The van der Waals surface area contributed by atoms with Crippen LogP contribution >= 0.6 is 12.2 Å². The average molecular weight is 330 g/mol. The lowest BCUT2D eigenvalue weighted by Gasteiger charge is -2.26. The molecule has 1 aliphatic rings. The zero-order valence-corrected chi connectivity index (χ0v) is 14.4. The molecule has 0 spiro atoms. The molecule has 0 amide bonds. The second-order valence-electron chi connectivity index (χ2n) is 5.46. The molecule has 0 unspecified atom stereocenters. The molecule has 23 heavy (non-hydrogen) atoms. The Hall–Kier alpha value is -2.26. The van der Waals surface area contributed by atoms with Crippen molar-refractivity contribution < 1.29 is 4.74 Å². The van der Waals surface area contributed by atoms with Crippen molar-refractivity contribution in [3.05, 3.63) is 35.5 Å². The lowest BCUT2D eigenvalue weighted by molar-refractivity contribution is 0.369. The number of hydrogen-bond donors (Lipinski definition) is 1. The van der Waals surface area contributed by atoms with Gasteiger partial charge >= 0.3 is 0 Å². The Balaban J connectivity index is 2.10. The third kappa shape index (κ3) is 4.14. The number of ether oxygens (including phenoxy) is 1. The van der Waals surface area contributed by atoms with Crippen molar-refractivity contribution in [2.45, 2.75) is 13.3 Å². The molecule has 1 fully saturated rings. The Morgan fingerprint density at radius 1 is 1.22 bits per heavy atom. The fourth-order valence-electron chi connectivity index (χ4n) is 2.78. The van der Waals surface area contributed by atoms with E-state index in [9.17, 15) is 5.26 Å². The number of nitriles is 1. The number of rotatable bonds is 4. The Morgan fingerprint density at radius 2 is 1.91 bits per heavy atom. The van der Waals surface area contributed by atoms with E-state index >= 15 is 0 Å². The van der Waals surface area contributed by atoms with E-state index in [0.29, 0.717) is 5.57 Å². The third-order valence-electron chi connectivity index (χ3n) is 4.13. The van der Waals surface area contributed by atoms with Gasteiger partial charge in [-0.2, -0.15) is 5.26 Å². The minimum atomic E-state index is 0.168. The van der Waals surface area contributed by atoms with E-state index in [1.165, 1.54) is 5.69 Å². The molecule has 2 N–H and O–H groups in total. The summed E-state index contributed by atoms with van der Waals surface area (Å²) in [7, 11) is 1.67. The topological polar surface area (TPSA) is 65.5 Å². The van der Waals surface area contributed by atoms with Crippen molar-refractivity contribution in [2.24, 2.45) is 5.73 Å². The second kappa shape index (κ2) is 7.84. The number of allylic oxidation sites excluding steroid dienone is 1. The number of thiocarbonyl (C=S) groups is 1. The molecule has 0 saturated carbocycles. The number of hydrogen-bond acceptors (Lipinski definition) is 5. The maximum absolute atomic E-state index is 9.22. The smallest absolute Gasteiger partial charge is 0.119 e. The summed E-state index contributed by atoms with van der Waals surface area (Å²) >= 11 is 4.97. The number of nitrogens with zero attached hydrogens (tertiary/aromatic N) is 3. The molecule has 6 heteroatoms. The van der Waals surface area contributed by atoms with Gasteiger partial charge < -0.3 is 20.3 Å². The molecule has 1 saturated heterocycles. The summed E-state index contributed by atoms with van der Waals surface area (Å²) in [6.45, 7) is 5.52. The van der Waals surface area contributed by atoms with Gasteiger partial charge in [-0.3, -0.25) is 0 Å². The van der Waals surface area contributed by atoms with E-state index in [4.69, 9.17) is 22.7 Å². The summed E-state index contributed by atoms with van der Waals surface area (Å²) in [6, 6.07) is 10.2. The Kier molecular flexibility index (Phi) is 5.83. The van der Waals surface area contributed by atoms with Gasteiger partial charge in [0.25, 0.3) is 0 Å². The molecule has 0 atom stereocenters. The largest absolute Gasteiger partial charge is 0.497 e. The average Bonchev–Trinajstić information content (AvgIpc) is 2.81. The summed E-state index contributed by atoms with van der Waals surface area (Å²) in [6.07, 6.45) is 1.01. The van der Waals surface area contributed by atoms with Gasteiger partial charge in [0.1, 0.15) is 22.4 Å². The maximum Gasteiger partial charge on any atom is 0.119 e. The van der Waals surface area contributed by atoms with E-state index in [1.807, 2.05) is 19.1 Å². The van der Waals surface area contributed by atoms with Crippen molar-refractivity contribution in [3.8, 4) is 11.8 Å². The van der Waals surface area contributed by atoms with Gasteiger partial charge in [-0.25, -0.2) is 0 Å². The van der Waals surface area contributed by atoms with Crippen molar-refractivity contribution in [3.63, 3.8) is 0 Å². The standard InChI is InChI=1S/C17H22N4OS/c1-13(16(12-18)17(19)23)20-8-3-9-21(11-10-20)14-4-6-15(22-2)7-5-14/h4-7H,3,8-11H2,1-2H3,(H2,19,23). The SMILES string of the molecule is COc1ccc(N2CCCN(C(C)=C(C#N)C(N)=S)CC2)cc1. The number of methoxy groups -OCH3 is 1. The number of nitrogens with two attached hydrogens (primary N) is 1. The summed E-state index contributed by atoms with van der Waals surface area (Å²) in [5, 5.41) is 9.22. The van der Waals surface area contributed by atoms with Crippen LogP contribution < -0.4 is 15.4 Å². The van der Waals surface area contributed by atoms with Crippen LogP contribution in [-0.2, 0) is 0 Å². The van der Waals surface area contributed by atoms with Crippen LogP contribution in [-0.4, -0.2) is 43.2 Å². The Morgan fingerprint density at radius 3 is 2.48 bits per heavy atom. The lowest BCUT2D eigenvalue weighted by Crippen LogP contribution is -2.31. The summed E-state index contributed by atoms with van der Waals surface area (Å²) < 4.78 is 5.20. The minimum absolute atomic E-state index is 0.168. The quantitative estimate of drug-likeness (QED) is 0.519. The molecular weight excluding hydrogens is 308 g/mol. The second-order valence-corrected chi connectivity index (χ2v) is 5.90. The monoisotopic (exact) mass is 330 g/mol. The number of anilines is 1. The molecule has 1 heterocycles. The molecule has 0 aliphatic carbocycles. The molecule has 1 aromatic rings. The molecule has 2 rings (SSSR count). The van der Waals surface area contributed by atoms with Crippen LogP contribution in [0.2, 0.25) is 0 Å². The van der Waals surface area contributed by atoms with Crippen molar-refractivity contribution in [2.75, 3.05) is 38.2 Å². The van der Waals surface area contributed by atoms with Crippen molar-refractivity contribution >= 4 is 22.9 Å². The molecule has 0 aromatic heterocycles. The van der Waals surface area contributed by atoms with Crippen LogP contribution in [0.5, 0.6) is 5.75 Å². The van der Waals surface area contributed by atoms with Gasteiger partial charge in [-0.1, -0.05) is 12.2 Å². The van der Waals surface area contributed by atoms with E-state index in [1.54, 1.807) is 7.11 Å². The van der Waals surface area contributed by atoms with Crippen LogP contribution in [0.3, 0.4) is 0 Å². The molecule has 122 valence electrons. The Labute approximate surface area is 142 Å². The van der Waals surface area contributed by atoms with Gasteiger partial charge in [0.05, 0.1) is 7.11 Å². The number of benzene rings is 1. The molecule has 0 radical (unpaired) electrons. The highest BCUT2D eigenvalue weighted by Gasteiger charge is 2.18. The maximum atomic E-state index is 9.22. The van der Waals surface area contributed by atoms with Gasteiger partial charge in [-0.15, -0.1) is 0 Å². The van der Waals surface area contributed by atoms with Crippen LogP contribution in [0.25, 0.3) is 0 Å². The zero-order valence-electron chi connectivity index (χ0n) is 13.6. The predicted molar refractivity (Wildman–Crippen MR) is 96.5 cm³/mol. The van der Waals surface area contributed by atoms with Crippen molar-refractivity contribution in [1.82, 2.24) is 4.90 Å². The van der Waals surface area contributed by atoms with Gasteiger partial charge in [0.2, 0.25) is 0 Å². The zero-order chi connectivity index (χ0) is 16.8. The van der Waals surface area contributed by atoms with Crippen LogP contribution in [0.15, 0.2) is 35.5 Å². The lowest BCUT2D eigenvalue weighted by atomic mass is 10.2. The minimum Gasteiger partial charge on any atom is -0.497 e. The highest BCUT2D eigenvalue weighted by Crippen LogP contribution is 2.22. The van der Waals surface area contributed by atoms with E-state index in [0.717, 1.165) is 44.0 Å². The van der Waals surface area contributed by atoms with Crippen LogP contribution in [0.1, 0.15) is 13.3 Å². The van der Waals surface area contributed by atoms with Crippen molar-refractivity contribution in [1.29, 1.82) is 5.26 Å². The predicted octanol–water partition coefficient (Wildman–Crippen LogP) is 2.29. The highest BCUT2D eigenvalue weighted by molar-refractivity contribution is 7.80. The summed E-state index contributed by atoms with van der Waals surface area (Å²) in [5.41, 5.74) is 8.11. The van der Waals surface area contributed by atoms with Crippen LogP contribution in [0, 0.1) is 11.3 Å². The Bertz CT molecular complexity index is 633. The third-order valence-corrected chi connectivity index (χ3v) is 4.33. The first-order chi connectivity index (χ1) is 11.1. The highest BCUT2D eigenvalue weighted by atomic mass is 32.1.